The van der Waals surface area contributed by atoms with E-state index in [0.717, 1.165) is 35.6 Å². The van der Waals surface area contributed by atoms with Gasteiger partial charge in [0.15, 0.2) is 0 Å². The highest BCUT2D eigenvalue weighted by Gasteiger charge is 2.14. The number of allylic oxidation sites excluding steroid dienone is 2. The average Bonchev–Trinajstić information content (AvgIpc) is 3.00. The smallest absolute Gasteiger partial charge is 0.224 e. The number of anilines is 1. The van der Waals surface area contributed by atoms with Crippen molar-refractivity contribution in [1.29, 1.82) is 0 Å². The van der Waals surface area contributed by atoms with Gasteiger partial charge in [0.25, 0.3) is 0 Å². The minimum atomic E-state index is 0.0626. The van der Waals surface area contributed by atoms with Crippen LogP contribution < -0.4 is 5.32 Å². The summed E-state index contributed by atoms with van der Waals surface area (Å²) in [5.74, 6) is 1.18. The van der Waals surface area contributed by atoms with Gasteiger partial charge in [-0.15, -0.1) is 0 Å². The number of aryl methyl sites for hydroxylation is 1. The fraction of sp³-hybridized carbons (Fsp3) is 0.278. The predicted octanol–water partition coefficient (Wildman–Crippen LogP) is 3.75. The number of benzene rings is 1. The lowest BCUT2D eigenvalue weighted by atomic mass is 10.0. The Balaban J connectivity index is 1.71. The van der Waals surface area contributed by atoms with E-state index in [9.17, 15) is 4.79 Å². The van der Waals surface area contributed by atoms with Crippen LogP contribution in [0.4, 0.5) is 5.69 Å². The first-order valence-corrected chi connectivity index (χ1v) is 7.57. The Morgan fingerprint density at radius 1 is 1.36 bits per heavy atom. The first-order valence-electron chi connectivity index (χ1n) is 7.57. The average molecular weight is 293 g/mol. The number of nitrogens with one attached hydrogen (secondary N) is 1. The highest BCUT2D eigenvalue weighted by Crippen LogP contribution is 2.23. The van der Waals surface area contributed by atoms with E-state index in [1.807, 2.05) is 37.3 Å². The van der Waals surface area contributed by atoms with Crippen molar-refractivity contribution in [2.75, 3.05) is 5.32 Å². The number of nitrogens with zero attached hydrogens (tertiary/aromatic N) is 2. The van der Waals surface area contributed by atoms with Gasteiger partial charge in [0.05, 0.1) is 5.69 Å². The lowest BCUT2D eigenvalue weighted by molar-refractivity contribution is -0.116. The van der Waals surface area contributed by atoms with Crippen molar-refractivity contribution < 1.29 is 4.79 Å². The van der Waals surface area contributed by atoms with Crippen molar-refractivity contribution in [2.45, 2.75) is 26.2 Å². The Morgan fingerprint density at radius 2 is 2.27 bits per heavy atom. The van der Waals surface area contributed by atoms with Crippen LogP contribution in [0, 0.1) is 12.8 Å². The van der Waals surface area contributed by atoms with Gasteiger partial charge in [-0.3, -0.25) is 4.79 Å². The highest BCUT2D eigenvalue weighted by atomic mass is 16.1. The topological polar surface area (TPSA) is 54.9 Å². The van der Waals surface area contributed by atoms with E-state index in [-0.39, 0.29) is 5.91 Å². The molecular formula is C18H19N3O. The summed E-state index contributed by atoms with van der Waals surface area (Å²) in [6.07, 6.45) is 8.74. The van der Waals surface area contributed by atoms with Gasteiger partial charge in [0.2, 0.25) is 5.91 Å². The van der Waals surface area contributed by atoms with Gasteiger partial charge in [0, 0.05) is 23.9 Å². The second-order valence-corrected chi connectivity index (χ2v) is 5.59. The molecule has 1 aromatic carbocycles. The maximum Gasteiger partial charge on any atom is 0.224 e. The van der Waals surface area contributed by atoms with E-state index >= 15 is 0 Å². The zero-order chi connectivity index (χ0) is 15.4. The minimum absolute atomic E-state index is 0.0626. The third-order valence-electron chi connectivity index (χ3n) is 3.78. The summed E-state index contributed by atoms with van der Waals surface area (Å²) in [5, 5.41) is 2.98. The van der Waals surface area contributed by atoms with Crippen LogP contribution >= 0.6 is 0 Å². The van der Waals surface area contributed by atoms with Crippen molar-refractivity contribution in [1.82, 2.24) is 9.97 Å². The van der Waals surface area contributed by atoms with E-state index in [0.29, 0.717) is 12.3 Å². The molecule has 0 aliphatic heterocycles. The molecule has 0 bridgehead atoms. The van der Waals surface area contributed by atoms with E-state index in [1.165, 1.54) is 0 Å². The summed E-state index contributed by atoms with van der Waals surface area (Å²) in [7, 11) is 0. The van der Waals surface area contributed by atoms with Crippen LogP contribution in [0.2, 0.25) is 0 Å². The molecule has 1 aliphatic rings. The number of aromatic nitrogens is 2. The number of carbonyl (C=O) groups excluding carboxylic acids is 1. The molecule has 1 amide bonds. The van der Waals surface area contributed by atoms with Gasteiger partial charge in [-0.05, 0) is 43.9 Å². The molecule has 2 aromatic rings. The molecule has 1 aromatic heterocycles. The molecule has 0 saturated heterocycles. The summed E-state index contributed by atoms with van der Waals surface area (Å²) in [6.45, 7) is 1.87. The molecule has 0 radical (unpaired) electrons. The van der Waals surface area contributed by atoms with Crippen molar-refractivity contribution in [3.05, 3.63) is 54.5 Å². The monoisotopic (exact) mass is 293 g/mol. The molecule has 3 rings (SSSR count). The van der Waals surface area contributed by atoms with E-state index < -0.39 is 0 Å². The second kappa shape index (κ2) is 6.52. The molecule has 22 heavy (non-hydrogen) atoms. The molecule has 0 saturated carbocycles. The van der Waals surface area contributed by atoms with E-state index in [4.69, 9.17) is 0 Å². The van der Waals surface area contributed by atoms with Crippen LogP contribution in [0.3, 0.4) is 0 Å². The highest BCUT2D eigenvalue weighted by molar-refractivity contribution is 5.91. The number of hydrogen-bond acceptors (Lipinski definition) is 3. The third kappa shape index (κ3) is 3.58. The molecule has 1 unspecified atom stereocenters. The molecule has 1 aliphatic carbocycles. The Bertz CT molecular complexity index is 709. The fourth-order valence-corrected chi connectivity index (χ4v) is 2.69. The summed E-state index contributed by atoms with van der Waals surface area (Å²) in [5.41, 5.74) is 2.65. The molecule has 0 fully saturated rings. The van der Waals surface area contributed by atoms with Crippen LogP contribution in [0.15, 0.2) is 48.7 Å². The first kappa shape index (κ1) is 14.4. The van der Waals surface area contributed by atoms with Crippen LogP contribution in [0.25, 0.3) is 11.3 Å². The maximum atomic E-state index is 12.1. The lowest BCUT2D eigenvalue weighted by Crippen LogP contribution is -2.14. The number of hydrogen-bond donors (Lipinski definition) is 1. The van der Waals surface area contributed by atoms with Gasteiger partial charge >= 0.3 is 0 Å². The van der Waals surface area contributed by atoms with Gasteiger partial charge < -0.3 is 5.32 Å². The van der Waals surface area contributed by atoms with Crippen LogP contribution in [0.5, 0.6) is 0 Å². The minimum Gasteiger partial charge on any atom is -0.326 e. The van der Waals surface area contributed by atoms with Crippen molar-refractivity contribution in [3.8, 4) is 11.3 Å². The summed E-state index contributed by atoms with van der Waals surface area (Å²) >= 11 is 0. The van der Waals surface area contributed by atoms with Crippen molar-refractivity contribution in [2.24, 2.45) is 5.92 Å². The van der Waals surface area contributed by atoms with Gasteiger partial charge in [-0.1, -0.05) is 24.3 Å². The quantitative estimate of drug-likeness (QED) is 0.873. The largest absolute Gasteiger partial charge is 0.326 e. The standard InChI is InChI=1S/C18H19N3O/c1-13-19-10-9-17(20-13)15-7-4-8-16(12-15)21-18(22)11-14-5-2-3-6-14/h2,4-5,7-10,12,14H,3,6,11H2,1H3,(H,21,22). The lowest BCUT2D eigenvalue weighted by Gasteiger charge is -2.10. The molecule has 1 N–H and O–H groups in total. The molecule has 4 heteroatoms. The zero-order valence-electron chi connectivity index (χ0n) is 12.6. The molecule has 0 spiro atoms. The normalized spacial score (nSPS) is 16.7. The number of amides is 1. The van der Waals surface area contributed by atoms with Gasteiger partial charge in [-0.2, -0.15) is 0 Å². The van der Waals surface area contributed by atoms with E-state index in [1.54, 1.807) is 6.20 Å². The zero-order valence-corrected chi connectivity index (χ0v) is 12.6. The summed E-state index contributed by atoms with van der Waals surface area (Å²) in [4.78, 5) is 20.6. The van der Waals surface area contributed by atoms with Crippen LogP contribution in [0.1, 0.15) is 25.1 Å². The molecule has 1 atom stereocenters. The Kier molecular flexibility index (Phi) is 4.28. The van der Waals surface area contributed by atoms with Crippen molar-refractivity contribution in [3.63, 3.8) is 0 Å². The molecule has 112 valence electrons. The Labute approximate surface area is 130 Å². The van der Waals surface area contributed by atoms with Crippen molar-refractivity contribution >= 4 is 11.6 Å². The van der Waals surface area contributed by atoms with Crippen LogP contribution in [-0.2, 0) is 4.79 Å². The Hall–Kier alpha value is -2.49. The number of rotatable bonds is 4. The van der Waals surface area contributed by atoms with Gasteiger partial charge in [-0.25, -0.2) is 9.97 Å². The Morgan fingerprint density at radius 3 is 3.05 bits per heavy atom. The molecule has 1 heterocycles. The third-order valence-corrected chi connectivity index (χ3v) is 3.78. The second-order valence-electron chi connectivity index (χ2n) is 5.59. The van der Waals surface area contributed by atoms with Crippen LogP contribution in [-0.4, -0.2) is 15.9 Å². The molecule has 4 nitrogen and oxygen atoms in total. The SMILES string of the molecule is Cc1nccc(-c2cccc(NC(=O)CC3C=CCC3)c2)n1. The van der Waals surface area contributed by atoms with E-state index in [2.05, 4.69) is 27.4 Å². The summed E-state index contributed by atoms with van der Waals surface area (Å²) in [6, 6.07) is 9.64. The van der Waals surface area contributed by atoms with Gasteiger partial charge in [0.1, 0.15) is 5.82 Å². The predicted molar refractivity (Wildman–Crippen MR) is 87.3 cm³/mol. The number of carbonyl (C=O) groups is 1. The first-order chi connectivity index (χ1) is 10.7. The fourth-order valence-electron chi connectivity index (χ4n) is 2.69. The molecular weight excluding hydrogens is 274 g/mol. The summed E-state index contributed by atoms with van der Waals surface area (Å²) < 4.78 is 0. The maximum absolute atomic E-state index is 12.1.